The van der Waals surface area contributed by atoms with Crippen LogP contribution < -0.4 is 4.74 Å². The number of carbonyl (C=O) groups is 1. The molecule has 0 atom stereocenters. The van der Waals surface area contributed by atoms with Gasteiger partial charge < -0.3 is 4.74 Å². The predicted octanol–water partition coefficient (Wildman–Crippen LogP) is 3.46. The Hall–Kier alpha value is -1.57. The van der Waals surface area contributed by atoms with Gasteiger partial charge in [-0.05, 0) is 44.0 Å². The zero-order valence-corrected chi connectivity index (χ0v) is 10.2. The summed E-state index contributed by atoms with van der Waals surface area (Å²) in [6.45, 7) is 10.4. The quantitative estimate of drug-likeness (QED) is 0.559. The van der Waals surface area contributed by atoms with Crippen molar-refractivity contribution in [2.75, 3.05) is 6.61 Å². The third-order valence-electron chi connectivity index (χ3n) is 2.39. The largest absolute Gasteiger partial charge is 0.493 e. The molecule has 0 unspecified atom stereocenters. The van der Waals surface area contributed by atoms with E-state index in [2.05, 4.69) is 6.58 Å². The zero-order valence-electron chi connectivity index (χ0n) is 10.2. The van der Waals surface area contributed by atoms with Crippen LogP contribution in [0.15, 0.2) is 24.3 Å². The van der Waals surface area contributed by atoms with Crippen LogP contribution in [-0.4, -0.2) is 12.9 Å². The molecule has 16 heavy (non-hydrogen) atoms. The van der Waals surface area contributed by atoms with Crippen molar-refractivity contribution >= 4 is 6.29 Å². The molecule has 1 rings (SSSR count). The summed E-state index contributed by atoms with van der Waals surface area (Å²) in [4.78, 5) is 10.7. The van der Waals surface area contributed by atoms with E-state index in [4.69, 9.17) is 4.74 Å². The van der Waals surface area contributed by atoms with Crippen LogP contribution in [0.4, 0.5) is 0 Å². The zero-order chi connectivity index (χ0) is 12.1. The maximum absolute atomic E-state index is 10.7. The second kappa shape index (κ2) is 5.50. The van der Waals surface area contributed by atoms with Crippen molar-refractivity contribution < 1.29 is 9.53 Å². The van der Waals surface area contributed by atoms with E-state index in [0.29, 0.717) is 12.2 Å². The van der Waals surface area contributed by atoms with Gasteiger partial charge in [0.2, 0.25) is 0 Å². The lowest BCUT2D eigenvalue weighted by atomic mass is 10.1. The molecule has 0 saturated heterocycles. The lowest BCUT2D eigenvalue weighted by Gasteiger charge is -2.12. The molecule has 1 aromatic rings. The Bertz CT molecular complexity index is 382. The summed E-state index contributed by atoms with van der Waals surface area (Å²) in [6.07, 6.45) is 1.71. The number of hydrogen-bond donors (Lipinski definition) is 0. The van der Waals surface area contributed by atoms with Gasteiger partial charge in [0.15, 0.2) is 0 Å². The van der Waals surface area contributed by atoms with Crippen LogP contribution in [-0.2, 0) is 0 Å². The van der Waals surface area contributed by atoms with E-state index in [-0.39, 0.29) is 0 Å². The third-order valence-corrected chi connectivity index (χ3v) is 2.39. The highest BCUT2D eigenvalue weighted by Crippen LogP contribution is 2.24. The third kappa shape index (κ3) is 3.23. The summed E-state index contributed by atoms with van der Waals surface area (Å²) in [5.74, 6) is 0.881. The molecular formula is C14H18O2. The topological polar surface area (TPSA) is 26.3 Å². The highest BCUT2D eigenvalue weighted by atomic mass is 16.5. The smallest absolute Gasteiger partial charge is 0.150 e. The number of benzene rings is 1. The van der Waals surface area contributed by atoms with Crippen molar-refractivity contribution in [3.05, 3.63) is 41.0 Å². The van der Waals surface area contributed by atoms with Crippen molar-refractivity contribution in [3.63, 3.8) is 0 Å². The maximum atomic E-state index is 10.7. The van der Waals surface area contributed by atoms with Gasteiger partial charge in [-0.1, -0.05) is 5.57 Å². The standard InChI is InChI=1S/C14H18O2/c1-10(2)5-6-16-14-11(3)7-13(9-15)8-12(14)4/h7-9H,1,5-6H2,2-4H3. The number of carbonyl (C=O) groups excluding carboxylic acids is 1. The first-order valence-corrected chi connectivity index (χ1v) is 5.38. The molecule has 0 aromatic heterocycles. The van der Waals surface area contributed by atoms with E-state index >= 15 is 0 Å². The Morgan fingerprint density at radius 1 is 1.38 bits per heavy atom. The molecule has 0 aliphatic rings. The molecule has 0 N–H and O–H groups in total. The van der Waals surface area contributed by atoms with Crippen molar-refractivity contribution in [1.82, 2.24) is 0 Å². The molecule has 0 radical (unpaired) electrons. The van der Waals surface area contributed by atoms with Crippen molar-refractivity contribution in [2.24, 2.45) is 0 Å². The van der Waals surface area contributed by atoms with Gasteiger partial charge in [-0.25, -0.2) is 0 Å². The Kier molecular flexibility index (Phi) is 4.29. The molecule has 0 spiro atoms. The van der Waals surface area contributed by atoms with Crippen LogP contribution in [0, 0.1) is 13.8 Å². The van der Waals surface area contributed by atoms with Gasteiger partial charge in [-0.15, -0.1) is 6.58 Å². The van der Waals surface area contributed by atoms with Crippen LogP contribution in [0.3, 0.4) is 0 Å². The fraction of sp³-hybridized carbons (Fsp3) is 0.357. The summed E-state index contributed by atoms with van der Waals surface area (Å²) in [5, 5.41) is 0. The van der Waals surface area contributed by atoms with Crippen molar-refractivity contribution in [1.29, 1.82) is 0 Å². The van der Waals surface area contributed by atoms with Crippen LogP contribution in [0.5, 0.6) is 5.75 Å². The number of aryl methyl sites for hydroxylation is 2. The van der Waals surface area contributed by atoms with E-state index in [1.807, 2.05) is 32.9 Å². The summed E-state index contributed by atoms with van der Waals surface area (Å²) in [7, 11) is 0. The summed E-state index contributed by atoms with van der Waals surface area (Å²) < 4.78 is 5.70. The number of aldehydes is 1. The molecule has 0 aliphatic carbocycles. The minimum Gasteiger partial charge on any atom is -0.493 e. The first-order valence-electron chi connectivity index (χ1n) is 5.38. The molecule has 0 bridgehead atoms. The van der Waals surface area contributed by atoms with E-state index < -0.39 is 0 Å². The maximum Gasteiger partial charge on any atom is 0.150 e. The highest BCUT2D eigenvalue weighted by molar-refractivity contribution is 5.76. The fourth-order valence-electron chi connectivity index (χ4n) is 1.61. The fourth-order valence-corrected chi connectivity index (χ4v) is 1.61. The molecule has 0 heterocycles. The molecule has 2 nitrogen and oxygen atoms in total. The lowest BCUT2D eigenvalue weighted by Crippen LogP contribution is -2.01. The van der Waals surface area contributed by atoms with Gasteiger partial charge >= 0.3 is 0 Å². The number of hydrogen-bond acceptors (Lipinski definition) is 2. The van der Waals surface area contributed by atoms with Gasteiger partial charge in [0.1, 0.15) is 12.0 Å². The molecule has 0 amide bonds. The number of rotatable bonds is 5. The first kappa shape index (κ1) is 12.5. The Labute approximate surface area is 96.9 Å². The van der Waals surface area contributed by atoms with Gasteiger partial charge in [0.25, 0.3) is 0 Å². The second-order valence-electron chi connectivity index (χ2n) is 4.16. The monoisotopic (exact) mass is 218 g/mol. The summed E-state index contributed by atoms with van der Waals surface area (Å²) in [6, 6.07) is 3.69. The van der Waals surface area contributed by atoms with Crippen LogP contribution in [0.2, 0.25) is 0 Å². The normalized spacial score (nSPS) is 9.94. The van der Waals surface area contributed by atoms with Crippen LogP contribution >= 0.6 is 0 Å². The summed E-state index contributed by atoms with van der Waals surface area (Å²) >= 11 is 0. The average Bonchev–Trinajstić information content (AvgIpc) is 2.21. The van der Waals surface area contributed by atoms with Gasteiger partial charge in [0, 0.05) is 12.0 Å². The van der Waals surface area contributed by atoms with Gasteiger partial charge in [-0.3, -0.25) is 4.79 Å². The molecule has 0 aliphatic heterocycles. The van der Waals surface area contributed by atoms with Crippen LogP contribution in [0.1, 0.15) is 34.8 Å². The Morgan fingerprint density at radius 3 is 2.38 bits per heavy atom. The molecule has 1 aromatic carbocycles. The molecule has 0 fully saturated rings. The van der Waals surface area contributed by atoms with E-state index in [1.54, 1.807) is 0 Å². The Morgan fingerprint density at radius 2 is 1.94 bits per heavy atom. The van der Waals surface area contributed by atoms with E-state index in [0.717, 1.165) is 35.2 Å². The predicted molar refractivity (Wildman–Crippen MR) is 66.2 cm³/mol. The number of ether oxygens (including phenoxy) is 1. The molecular weight excluding hydrogens is 200 g/mol. The Balaban J connectivity index is 2.80. The van der Waals surface area contributed by atoms with Crippen molar-refractivity contribution in [3.8, 4) is 5.75 Å². The average molecular weight is 218 g/mol. The van der Waals surface area contributed by atoms with E-state index in [1.165, 1.54) is 0 Å². The minimum atomic E-state index is 0.636. The van der Waals surface area contributed by atoms with Crippen molar-refractivity contribution in [2.45, 2.75) is 27.2 Å². The highest BCUT2D eigenvalue weighted by Gasteiger charge is 2.05. The summed E-state index contributed by atoms with van der Waals surface area (Å²) in [5.41, 5.74) is 3.81. The minimum absolute atomic E-state index is 0.636. The van der Waals surface area contributed by atoms with Gasteiger partial charge in [0.05, 0.1) is 6.61 Å². The molecule has 86 valence electrons. The van der Waals surface area contributed by atoms with Crippen LogP contribution in [0.25, 0.3) is 0 Å². The van der Waals surface area contributed by atoms with Gasteiger partial charge in [-0.2, -0.15) is 0 Å². The van der Waals surface area contributed by atoms with E-state index in [9.17, 15) is 4.79 Å². The molecule has 0 saturated carbocycles. The second-order valence-corrected chi connectivity index (χ2v) is 4.16. The lowest BCUT2D eigenvalue weighted by molar-refractivity contribution is 0.112. The molecule has 2 heteroatoms. The SMILES string of the molecule is C=C(C)CCOc1c(C)cc(C=O)cc1C. The first-order chi connectivity index (χ1) is 7.54.